The number of ether oxygens (including phenoxy) is 1. The van der Waals surface area contributed by atoms with Gasteiger partial charge < -0.3 is 9.64 Å². The van der Waals surface area contributed by atoms with Gasteiger partial charge in [0.15, 0.2) is 15.5 Å². The lowest BCUT2D eigenvalue weighted by molar-refractivity contribution is 0.0689. The molecule has 0 spiro atoms. The van der Waals surface area contributed by atoms with Gasteiger partial charge in [-0.1, -0.05) is 19.3 Å². The fraction of sp³-hybridized carbons (Fsp3) is 0.545. The maximum Gasteiger partial charge on any atom is 0.274 e. The number of nitrogens with zero attached hydrogens (tertiary/aromatic N) is 3. The first kappa shape index (κ1) is 20.9. The van der Waals surface area contributed by atoms with Crippen molar-refractivity contribution >= 4 is 15.7 Å². The summed E-state index contributed by atoms with van der Waals surface area (Å²) in [7, 11) is 0.389. The third-order valence-corrected chi connectivity index (χ3v) is 8.09. The zero-order valence-corrected chi connectivity index (χ0v) is 18.4. The van der Waals surface area contributed by atoms with E-state index in [0.717, 1.165) is 42.7 Å². The van der Waals surface area contributed by atoms with E-state index in [4.69, 9.17) is 4.74 Å². The van der Waals surface area contributed by atoms with Gasteiger partial charge in [-0.05, 0) is 49.6 Å². The quantitative estimate of drug-likeness (QED) is 0.725. The van der Waals surface area contributed by atoms with E-state index < -0.39 is 9.84 Å². The van der Waals surface area contributed by atoms with Gasteiger partial charge in [-0.3, -0.25) is 9.48 Å². The highest BCUT2D eigenvalue weighted by Gasteiger charge is 2.33. The average molecular weight is 432 g/mol. The van der Waals surface area contributed by atoms with E-state index in [2.05, 4.69) is 5.10 Å². The van der Waals surface area contributed by atoms with Crippen LogP contribution in [0.4, 0.5) is 0 Å². The minimum Gasteiger partial charge on any atom is -0.497 e. The van der Waals surface area contributed by atoms with Crippen molar-refractivity contribution in [3.05, 3.63) is 36.0 Å². The molecule has 0 N–H and O–H groups in total. The molecule has 2 fully saturated rings. The highest BCUT2D eigenvalue weighted by molar-refractivity contribution is 7.91. The number of rotatable bonds is 5. The van der Waals surface area contributed by atoms with Crippen LogP contribution >= 0.6 is 0 Å². The molecule has 7 nitrogen and oxygen atoms in total. The van der Waals surface area contributed by atoms with Crippen molar-refractivity contribution in [3.8, 4) is 17.0 Å². The predicted octanol–water partition coefficient (Wildman–Crippen LogP) is 3.32. The van der Waals surface area contributed by atoms with Crippen LogP contribution in [0.3, 0.4) is 0 Å². The second-order valence-electron chi connectivity index (χ2n) is 8.35. The van der Waals surface area contributed by atoms with Crippen LogP contribution in [0.15, 0.2) is 30.3 Å². The fourth-order valence-corrected chi connectivity index (χ4v) is 6.23. The van der Waals surface area contributed by atoms with Crippen molar-refractivity contribution in [1.29, 1.82) is 0 Å². The monoisotopic (exact) mass is 431 g/mol. The topological polar surface area (TPSA) is 81.5 Å². The van der Waals surface area contributed by atoms with Crippen LogP contribution in [-0.2, 0) is 9.84 Å². The number of carbonyl (C=O) groups is 1. The maximum absolute atomic E-state index is 13.2. The van der Waals surface area contributed by atoms with E-state index >= 15 is 0 Å². The molecule has 2 aliphatic rings. The van der Waals surface area contributed by atoms with E-state index in [9.17, 15) is 13.2 Å². The van der Waals surface area contributed by atoms with Crippen LogP contribution in [0.5, 0.6) is 5.75 Å². The van der Waals surface area contributed by atoms with Gasteiger partial charge in [0.25, 0.3) is 5.91 Å². The smallest absolute Gasteiger partial charge is 0.274 e. The number of carbonyl (C=O) groups excluding carboxylic acids is 1. The van der Waals surface area contributed by atoms with Gasteiger partial charge in [-0.15, -0.1) is 0 Å². The molecule has 0 unspecified atom stereocenters. The Labute approximate surface area is 177 Å². The lowest BCUT2D eigenvalue weighted by atomic mass is 9.94. The average Bonchev–Trinajstić information content (AvgIpc) is 3.36. The number of sulfone groups is 1. The molecule has 0 radical (unpaired) electrons. The number of aromatic nitrogens is 2. The zero-order chi connectivity index (χ0) is 21.3. The number of hydrogen-bond acceptors (Lipinski definition) is 5. The summed E-state index contributed by atoms with van der Waals surface area (Å²) in [6.07, 6.45) is 6.08. The SMILES string of the molecule is COc1ccc(-c2cc(C(=O)N(C)C3CCCCC3)nn2[C@H]2CCS(=O)(=O)C2)cc1. The minimum atomic E-state index is -3.07. The summed E-state index contributed by atoms with van der Waals surface area (Å²) >= 11 is 0. The number of hydrogen-bond donors (Lipinski definition) is 0. The number of benzene rings is 1. The first-order chi connectivity index (χ1) is 14.4. The summed E-state index contributed by atoms with van der Waals surface area (Å²) in [6.45, 7) is 0. The lowest BCUT2D eigenvalue weighted by Gasteiger charge is -2.30. The van der Waals surface area contributed by atoms with Crippen LogP contribution in [0.2, 0.25) is 0 Å². The molecule has 1 saturated heterocycles. The lowest BCUT2D eigenvalue weighted by Crippen LogP contribution is -2.38. The summed E-state index contributed by atoms with van der Waals surface area (Å²) in [5, 5.41) is 4.62. The molecule has 1 aromatic heterocycles. The summed E-state index contributed by atoms with van der Waals surface area (Å²) in [4.78, 5) is 15.0. The number of methoxy groups -OCH3 is 1. The van der Waals surface area contributed by atoms with Crippen molar-refractivity contribution in [3.63, 3.8) is 0 Å². The Bertz CT molecular complexity index is 1010. The molecule has 1 aliphatic carbocycles. The first-order valence-electron chi connectivity index (χ1n) is 10.6. The molecule has 162 valence electrons. The molecular weight excluding hydrogens is 402 g/mol. The summed E-state index contributed by atoms with van der Waals surface area (Å²) < 4.78 is 31.1. The van der Waals surface area contributed by atoms with Crippen LogP contribution in [0.25, 0.3) is 11.3 Å². The Kier molecular flexibility index (Phi) is 5.86. The van der Waals surface area contributed by atoms with Crippen LogP contribution < -0.4 is 4.74 Å². The second-order valence-corrected chi connectivity index (χ2v) is 10.6. The van der Waals surface area contributed by atoms with Gasteiger partial charge in [-0.25, -0.2) is 8.42 Å². The first-order valence-corrected chi connectivity index (χ1v) is 12.4. The third kappa shape index (κ3) is 4.24. The second kappa shape index (κ2) is 8.41. The Balaban J connectivity index is 1.68. The molecule has 1 amide bonds. The summed E-state index contributed by atoms with van der Waals surface area (Å²) in [5.41, 5.74) is 2.02. The number of amides is 1. The highest BCUT2D eigenvalue weighted by atomic mass is 32.2. The largest absolute Gasteiger partial charge is 0.497 e. The highest BCUT2D eigenvalue weighted by Crippen LogP contribution is 2.32. The minimum absolute atomic E-state index is 0.0595. The van der Waals surface area contributed by atoms with Crippen LogP contribution in [-0.4, -0.2) is 60.7 Å². The van der Waals surface area contributed by atoms with Gasteiger partial charge in [0.2, 0.25) is 0 Å². The van der Waals surface area contributed by atoms with E-state index in [-0.39, 0.29) is 29.5 Å². The summed E-state index contributed by atoms with van der Waals surface area (Å²) in [6, 6.07) is 9.32. The van der Waals surface area contributed by atoms with E-state index in [1.54, 1.807) is 17.9 Å². The Hall–Kier alpha value is -2.35. The summed E-state index contributed by atoms with van der Waals surface area (Å²) in [5.74, 6) is 0.854. The molecule has 1 saturated carbocycles. The van der Waals surface area contributed by atoms with E-state index in [0.29, 0.717) is 12.1 Å². The van der Waals surface area contributed by atoms with Crippen molar-refractivity contribution in [2.45, 2.75) is 50.6 Å². The predicted molar refractivity (Wildman–Crippen MR) is 115 cm³/mol. The zero-order valence-electron chi connectivity index (χ0n) is 17.6. The van der Waals surface area contributed by atoms with Gasteiger partial charge in [0, 0.05) is 18.7 Å². The van der Waals surface area contributed by atoms with E-state index in [1.807, 2.05) is 36.2 Å². The molecule has 0 bridgehead atoms. The van der Waals surface area contributed by atoms with Crippen LogP contribution in [0, 0.1) is 0 Å². The van der Waals surface area contributed by atoms with Gasteiger partial charge >= 0.3 is 0 Å². The normalized spacial score (nSPS) is 21.5. The molecule has 1 aliphatic heterocycles. The van der Waals surface area contributed by atoms with Crippen molar-refractivity contribution in [2.24, 2.45) is 0 Å². The molecule has 30 heavy (non-hydrogen) atoms. The molecule has 2 aromatic rings. The third-order valence-electron chi connectivity index (χ3n) is 6.34. The Morgan fingerprint density at radius 1 is 1.13 bits per heavy atom. The molecule has 1 aromatic carbocycles. The van der Waals surface area contributed by atoms with Crippen molar-refractivity contribution in [2.75, 3.05) is 25.7 Å². The van der Waals surface area contributed by atoms with Gasteiger partial charge in [-0.2, -0.15) is 5.10 Å². The Morgan fingerprint density at radius 2 is 1.83 bits per heavy atom. The van der Waals surface area contributed by atoms with Gasteiger partial charge in [0.1, 0.15) is 5.75 Å². The molecular formula is C22H29N3O4S. The Morgan fingerprint density at radius 3 is 2.43 bits per heavy atom. The molecule has 4 rings (SSSR count). The molecule has 1 atom stereocenters. The molecule has 2 heterocycles. The van der Waals surface area contributed by atoms with Crippen molar-refractivity contribution in [1.82, 2.24) is 14.7 Å². The maximum atomic E-state index is 13.2. The fourth-order valence-electron chi connectivity index (χ4n) is 4.54. The molecule has 8 heteroatoms. The van der Waals surface area contributed by atoms with Crippen LogP contribution in [0.1, 0.15) is 55.1 Å². The van der Waals surface area contributed by atoms with Crippen molar-refractivity contribution < 1.29 is 17.9 Å². The van der Waals surface area contributed by atoms with E-state index in [1.165, 1.54) is 6.42 Å². The van der Waals surface area contributed by atoms with Gasteiger partial charge in [0.05, 0.1) is 30.4 Å². The standard InChI is InChI=1S/C22H29N3O4S/c1-24(17-6-4-3-5-7-17)22(26)20-14-21(16-8-10-19(29-2)11-9-16)25(23-20)18-12-13-30(27,28)15-18/h8-11,14,17-18H,3-7,12-13,15H2,1-2H3/t18-/m0/s1.